The zero-order valence-corrected chi connectivity index (χ0v) is 12.4. The zero-order chi connectivity index (χ0) is 13.9. The molecule has 4 nitrogen and oxygen atoms in total. The second-order valence-electron chi connectivity index (χ2n) is 6.61. The molecule has 3 rings (SSSR count). The molecule has 3 fully saturated rings. The normalized spacial score (nSPS) is 30.8. The molecule has 20 heavy (non-hydrogen) atoms. The minimum absolute atomic E-state index is 0.190. The second-order valence-corrected chi connectivity index (χ2v) is 6.61. The average Bonchev–Trinajstić information content (AvgIpc) is 3.18. The molecule has 2 heterocycles. The van der Waals surface area contributed by atoms with E-state index in [1.165, 1.54) is 0 Å². The van der Waals surface area contributed by atoms with E-state index in [1.54, 1.807) is 0 Å². The van der Waals surface area contributed by atoms with Gasteiger partial charge in [-0.15, -0.1) is 0 Å². The van der Waals surface area contributed by atoms with Crippen LogP contribution in [-0.2, 0) is 9.59 Å². The lowest BCUT2D eigenvalue weighted by molar-refractivity contribution is -0.140. The van der Waals surface area contributed by atoms with Crippen molar-refractivity contribution < 1.29 is 9.59 Å². The van der Waals surface area contributed by atoms with E-state index < -0.39 is 0 Å². The fourth-order valence-corrected chi connectivity index (χ4v) is 3.98. The highest BCUT2D eigenvalue weighted by molar-refractivity contribution is 5.81. The summed E-state index contributed by atoms with van der Waals surface area (Å²) in [7, 11) is 0. The van der Waals surface area contributed by atoms with Gasteiger partial charge in [0.1, 0.15) is 0 Å². The molecule has 112 valence electrons. The smallest absolute Gasteiger partial charge is 0.225 e. The van der Waals surface area contributed by atoms with Gasteiger partial charge < -0.3 is 9.80 Å². The lowest BCUT2D eigenvalue weighted by Gasteiger charge is -2.31. The molecule has 1 aliphatic carbocycles. The van der Waals surface area contributed by atoms with Crippen LogP contribution in [0.1, 0.15) is 51.4 Å². The molecule has 4 heteroatoms. The van der Waals surface area contributed by atoms with Gasteiger partial charge >= 0.3 is 0 Å². The molecule has 2 saturated heterocycles. The first-order chi connectivity index (χ1) is 9.75. The van der Waals surface area contributed by atoms with Crippen LogP contribution < -0.4 is 0 Å². The highest BCUT2D eigenvalue weighted by atomic mass is 16.2. The van der Waals surface area contributed by atoms with Crippen molar-refractivity contribution in [3.05, 3.63) is 0 Å². The number of hydrogen-bond donors (Lipinski definition) is 0. The summed E-state index contributed by atoms with van der Waals surface area (Å²) >= 11 is 0. The third-order valence-electron chi connectivity index (χ3n) is 5.26. The summed E-state index contributed by atoms with van der Waals surface area (Å²) in [6, 6.07) is 0. The van der Waals surface area contributed by atoms with E-state index >= 15 is 0 Å². The van der Waals surface area contributed by atoms with Gasteiger partial charge in [-0.3, -0.25) is 9.59 Å². The summed E-state index contributed by atoms with van der Waals surface area (Å²) in [5.41, 5.74) is 0. The summed E-state index contributed by atoms with van der Waals surface area (Å²) in [6.07, 6.45) is 8.31. The first kappa shape index (κ1) is 13.9. The van der Waals surface area contributed by atoms with E-state index in [0.717, 1.165) is 77.5 Å². The molecule has 2 amide bonds. The number of carbonyl (C=O) groups is 2. The topological polar surface area (TPSA) is 40.6 Å². The van der Waals surface area contributed by atoms with Crippen molar-refractivity contribution in [2.24, 2.45) is 11.8 Å². The molecule has 2 aliphatic heterocycles. The Hall–Kier alpha value is -1.06. The maximum absolute atomic E-state index is 12.4. The number of amides is 2. The van der Waals surface area contributed by atoms with Crippen molar-refractivity contribution in [3.63, 3.8) is 0 Å². The van der Waals surface area contributed by atoms with Crippen LogP contribution in [0.5, 0.6) is 0 Å². The fraction of sp³-hybridized carbons (Fsp3) is 0.875. The van der Waals surface area contributed by atoms with E-state index in [9.17, 15) is 9.59 Å². The fourth-order valence-electron chi connectivity index (χ4n) is 3.98. The first-order valence-electron chi connectivity index (χ1n) is 8.33. The van der Waals surface area contributed by atoms with E-state index in [-0.39, 0.29) is 11.8 Å². The van der Waals surface area contributed by atoms with Crippen LogP contribution in [0.3, 0.4) is 0 Å². The summed E-state index contributed by atoms with van der Waals surface area (Å²) in [4.78, 5) is 28.8. The molecule has 0 radical (unpaired) electrons. The number of carbonyl (C=O) groups excluding carboxylic acids is 2. The van der Waals surface area contributed by atoms with E-state index in [1.807, 2.05) is 9.80 Å². The van der Waals surface area contributed by atoms with Crippen LogP contribution >= 0.6 is 0 Å². The minimum atomic E-state index is 0.190. The third kappa shape index (κ3) is 2.84. The molecular weight excluding hydrogens is 252 g/mol. The predicted molar refractivity (Wildman–Crippen MR) is 77.1 cm³/mol. The highest BCUT2D eigenvalue weighted by Crippen LogP contribution is 2.32. The van der Waals surface area contributed by atoms with Crippen molar-refractivity contribution in [1.82, 2.24) is 9.80 Å². The molecule has 0 aromatic rings. The van der Waals surface area contributed by atoms with Gasteiger partial charge in [0, 0.05) is 38.0 Å². The quantitative estimate of drug-likeness (QED) is 0.775. The molecule has 0 aromatic heterocycles. The molecule has 0 N–H and O–H groups in total. The van der Waals surface area contributed by atoms with E-state index in [0.29, 0.717) is 11.8 Å². The van der Waals surface area contributed by atoms with Crippen molar-refractivity contribution in [2.45, 2.75) is 51.4 Å². The Morgan fingerprint density at radius 1 is 0.600 bits per heavy atom. The summed E-state index contributed by atoms with van der Waals surface area (Å²) in [5, 5.41) is 0. The summed E-state index contributed by atoms with van der Waals surface area (Å²) in [6.45, 7) is 3.80. The van der Waals surface area contributed by atoms with Crippen molar-refractivity contribution >= 4 is 11.8 Å². The molecule has 0 spiro atoms. The largest absolute Gasteiger partial charge is 0.342 e. The number of likely N-dealkylation sites (tertiary alicyclic amines) is 2. The molecular formula is C16H26N2O2. The van der Waals surface area contributed by atoms with Gasteiger partial charge in [0.25, 0.3) is 0 Å². The lowest BCUT2D eigenvalue weighted by Crippen LogP contribution is -2.39. The van der Waals surface area contributed by atoms with Crippen LogP contribution in [0.25, 0.3) is 0 Å². The van der Waals surface area contributed by atoms with Gasteiger partial charge in [0.15, 0.2) is 0 Å². The van der Waals surface area contributed by atoms with Crippen LogP contribution in [0.15, 0.2) is 0 Å². The van der Waals surface area contributed by atoms with Crippen LogP contribution in [-0.4, -0.2) is 47.8 Å². The Morgan fingerprint density at radius 2 is 0.900 bits per heavy atom. The van der Waals surface area contributed by atoms with Crippen LogP contribution in [0, 0.1) is 11.8 Å². The lowest BCUT2D eigenvalue weighted by atomic mass is 9.80. The van der Waals surface area contributed by atoms with Crippen molar-refractivity contribution in [3.8, 4) is 0 Å². The summed E-state index contributed by atoms with van der Waals surface area (Å²) in [5.74, 6) is 1.09. The van der Waals surface area contributed by atoms with Gasteiger partial charge in [0.2, 0.25) is 11.8 Å². The van der Waals surface area contributed by atoms with Gasteiger partial charge in [-0.25, -0.2) is 0 Å². The van der Waals surface area contributed by atoms with Crippen molar-refractivity contribution in [2.75, 3.05) is 26.2 Å². The van der Waals surface area contributed by atoms with E-state index in [2.05, 4.69) is 0 Å². The molecule has 1 saturated carbocycles. The number of rotatable bonds is 2. The van der Waals surface area contributed by atoms with Crippen LogP contribution in [0.4, 0.5) is 0 Å². The van der Waals surface area contributed by atoms with Crippen LogP contribution in [0.2, 0.25) is 0 Å². The third-order valence-corrected chi connectivity index (χ3v) is 5.26. The maximum atomic E-state index is 12.4. The minimum Gasteiger partial charge on any atom is -0.342 e. The van der Waals surface area contributed by atoms with Crippen molar-refractivity contribution in [1.29, 1.82) is 0 Å². The average molecular weight is 278 g/mol. The predicted octanol–water partition coefficient (Wildman–Crippen LogP) is 2.04. The maximum Gasteiger partial charge on any atom is 0.225 e. The van der Waals surface area contributed by atoms with Gasteiger partial charge in [0.05, 0.1) is 0 Å². The second kappa shape index (κ2) is 6.15. The Balaban J connectivity index is 1.48. The standard InChI is InChI=1S/C16H26N2O2/c19-15(17-9-1-2-10-17)13-5-7-14(8-6-13)16(20)18-11-3-4-12-18/h13-14H,1-12H2/t13-,14-. The molecule has 3 aliphatic rings. The van der Waals surface area contributed by atoms with Gasteiger partial charge in [-0.05, 0) is 51.4 Å². The molecule has 0 atom stereocenters. The first-order valence-corrected chi connectivity index (χ1v) is 8.33. The van der Waals surface area contributed by atoms with Gasteiger partial charge in [-0.2, -0.15) is 0 Å². The Labute approximate surface area is 121 Å². The summed E-state index contributed by atoms with van der Waals surface area (Å²) < 4.78 is 0. The Bertz CT molecular complexity index is 327. The highest BCUT2D eigenvalue weighted by Gasteiger charge is 2.34. The Morgan fingerprint density at radius 3 is 1.20 bits per heavy atom. The number of nitrogens with zero attached hydrogens (tertiary/aromatic N) is 2. The Kier molecular flexibility index (Phi) is 4.27. The monoisotopic (exact) mass is 278 g/mol. The van der Waals surface area contributed by atoms with Gasteiger partial charge in [-0.1, -0.05) is 0 Å². The zero-order valence-electron chi connectivity index (χ0n) is 12.4. The molecule has 0 bridgehead atoms. The number of hydrogen-bond acceptors (Lipinski definition) is 2. The molecule has 0 aromatic carbocycles. The SMILES string of the molecule is O=C([C@H]1CC[C@H](C(=O)N2CCCC2)CC1)N1CCCC1. The van der Waals surface area contributed by atoms with E-state index in [4.69, 9.17) is 0 Å². The molecule has 0 unspecified atom stereocenters.